The molecular formula is C12H14O4. The SMILES string of the molecule is CC(=O)Oc1cccc([C@@H]2OC[C@H](C)O2)c1. The third kappa shape index (κ3) is 2.59. The molecule has 1 aliphatic rings. The summed E-state index contributed by atoms with van der Waals surface area (Å²) in [7, 11) is 0. The maximum absolute atomic E-state index is 10.8. The Hall–Kier alpha value is -1.39. The van der Waals surface area contributed by atoms with Gasteiger partial charge < -0.3 is 14.2 Å². The first-order valence-corrected chi connectivity index (χ1v) is 5.20. The van der Waals surface area contributed by atoms with Gasteiger partial charge in [0.1, 0.15) is 5.75 Å². The lowest BCUT2D eigenvalue weighted by Crippen LogP contribution is -2.04. The van der Waals surface area contributed by atoms with Crippen molar-refractivity contribution in [1.29, 1.82) is 0 Å². The molecule has 16 heavy (non-hydrogen) atoms. The molecule has 4 heteroatoms. The zero-order valence-electron chi connectivity index (χ0n) is 9.30. The first kappa shape index (κ1) is 11.1. The van der Waals surface area contributed by atoms with Crippen molar-refractivity contribution >= 4 is 5.97 Å². The van der Waals surface area contributed by atoms with Crippen molar-refractivity contribution in [2.24, 2.45) is 0 Å². The van der Waals surface area contributed by atoms with Crippen LogP contribution in [0.3, 0.4) is 0 Å². The van der Waals surface area contributed by atoms with Crippen LogP contribution in [0, 0.1) is 0 Å². The molecule has 0 aromatic heterocycles. The predicted octanol–water partition coefficient (Wildman–Crippen LogP) is 2.05. The lowest BCUT2D eigenvalue weighted by atomic mass is 10.2. The topological polar surface area (TPSA) is 44.8 Å². The van der Waals surface area contributed by atoms with Gasteiger partial charge in [0.05, 0.1) is 12.7 Å². The highest BCUT2D eigenvalue weighted by molar-refractivity contribution is 5.69. The first-order valence-electron chi connectivity index (χ1n) is 5.20. The smallest absolute Gasteiger partial charge is 0.308 e. The second-order valence-corrected chi connectivity index (χ2v) is 3.78. The summed E-state index contributed by atoms with van der Waals surface area (Å²) >= 11 is 0. The maximum Gasteiger partial charge on any atom is 0.308 e. The number of carbonyl (C=O) groups is 1. The molecule has 0 spiro atoms. The summed E-state index contributed by atoms with van der Waals surface area (Å²) in [6.07, 6.45) is -0.257. The van der Waals surface area contributed by atoms with E-state index in [2.05, 4.69) is 0 Å². The second-order valence-electron chi connectivity index (χ2n) is 3.78. The van der Waals surface area contributed by atoms with Gasteiger partial charge in [0.2, 0.25) is 0 Å². The van der Waals surface area contributed by atoms with E-state index in [0.29, 0.717) is 12.4 Å². The molecule has 0 radical (unpaired) electrons. The molecule has 1 aliphatic heterocycles. The molecule has 1 saturated heterocycles. The van der Waals surface area contributed by atoms with Crippen molar-refractivity contribution in [3.05, 3.63) is 29.8 Å². The van der Waals surface area contributed by atoms with Crippen LogP contribution in [0.1, 0.15) is 25.7 Å². The van der Waals surface area contributed by atoms with Crippen LogP contribution < -0.4 is 4.74 Å². The molecular weight excluding hydrogens is 208 g/mol. The first-order chi connectivity index (χ1) is 7.65. The van der Waals surface area contributed by atoms with E-state index in [1.54, 1.807) is 12.1 Å². The van der Waals surface area contributed by atoms with Gasteiger partial charge in [0.15, 0.2) is 6.29 Å². The number of hydrogen-bond acceptors (Lipinski definition) is 4. The summed E-state index contributed by atoms with van der Waals surface area (Å²) in [6.45, 7) is 3.91. The monoisotopic (exact) mass is 222 g/mol. The summed E-state index contributed by atoms with van der Waals surface area (Å²) < 4.78 is 16.0. The van der Waals surface area contributed by atoms with Crippen LogP contribution in [-0.2, 0) is 14.3 Å². The quantitative estimate of drug-likeness (QED) is 0.567. The van der Waals surface area contributed by atoms with Crippen LogP contribution in [0.2, 0.25) is 0 Å². The van der Waals surface area contributed by atoms with E-state index in [1.807, 2.05) is 19.1 Å². The molecule has 2 rings (SSSR count). The number of benzene rings is 1. The Balaban J connectivity index is 2.12. The lowest BCUT2D eigenvalue weighted by molar-refractivity contribution is -0.131. The van der Waals surface area contributed by atoms with Gasteiger partial charge in [-0.3, -0.25) is 4.79 Å². The fraction of sp³-hybridized carbons (Fsp3) is 0.417. The van der Waals surface area contributed by atoms with E-state index in [4.69, 9.17) is 14.2 Å². The van der Waals surface area contributed by atoms with Crippen molar-refractivity contribution in [3.63, 3.8) is 0 Å². The number of hydrogen-bond donors (Lipinski definition) is 0. The second kappa shape index (κ2) is 4.63. The fourth-order valence-corrected chi connectivity index (χ4v) is 1.58. The van der Waals surface area contributed by atoms with Crippen LogP contribution in [0.15, 0.2) is 24.3 Å². The third-order valence-electron chi connectivity index (χ3n) is 2.23. The highest BCUT2D eigenvalue weighted by Gasteiger charge is 2.24. The average molecular weight is 222 g/mol. The van der Waals surface area contributed by atoms with Crippen molar-refractivity contribution in [1.82, 2.24) is 0 Å². The highest BCUT2D eigenvalue weighted by atomic mass is 16.7. The summed E-state index contributed by atoms with van der Waals surface area (Å²) in [5.41, 5.74) is 0.864. The van der Waals surface area contributed by atoms with Crippen LogP contribution in [0.4, 0.5) is 0 Å². The van der Waals surface area contributed by atoms with Crippen LogP contribution >= 0.6 is 0 Å². The number of carbonyl (C=O) groups excluding carboxylic acids is 1. The molecule has 0 unspecified atom stereocenters. The van der Waals surface area contributed by atoms with E-state index in [1.165, 1.54) is 6.92 Å². The van der Waals surface area contributed by atoms with E-state index >= 15 is 0 Å². The highest BCUT2D eigenvalue weighted by Crippen LogP contribution is 2.28. The van der Waals surface area contributed by atoms with Gasteiger partial charge in [-0.2, -0.15) is 0 Å². The van der Waals surface area contributed by atoms with Crippen molar-refractivity contribution in [2.45, 2.75) is 26.2 Å². The van der Waals surface area contributed by atoms with Crippen LogP contribution in [-0.4, -0.2) is 18.7 Å². The molecule has 1 heterocycles. The molecule has 0 bridgehead atoms. The van der Waals surface area contributed by atoms with E-state index in [0.717, 1.165) is 5.56 Å². The molecule has 0 aliphatic carbocycles. The van der Waals surface area contributed by atoms with Gasteiger partial charge >= 0.3 is 5.97 Å². The largest absolute Gasteiger partial charge is 0.427 e. The van der Waals surface area contributed by atoms with Gasteiger partial charge in [-0.05, 0) is 19.1 Å². The van der Waals surface area contributed by atoms with E-state index < -0.39 is 0 Å². The summed E-state index contributed by atoms with van der Waals surface area (Å²) in [5, 5.41) is 0. The summed E-state index contributed by atoms with van der Waals surface area (Å²) in [6, 6.07) is 7.17. The van der Waals surface area contributed by atoms with Gasteiger partial charge in [-0.15, -0.1) is 0 Å². The predicted molar refractivity (Wildman–Crippen MR) is 57.0 cm³/mol. The Morgan fingerprint density at radius 1 is 1.50 bits per heavy atom. The molecule has 1 aromatic rings. The number of rotatable bonds is 2. The molecule has 1 fully saturated rings. The average Bonchev–Trinajstić information content (AvgIpc) is 2.64. The summed E-state index contributed by atoms with van der Waals surface area (Å²) in [5.74, 6) is 0.176. The van der Waals surface area contributed by atoms with Crippen molar-refractivity contribution < 1.29 is 19.0 Å². The van der Waals surface area contributed by atoms with Crippen LogP contribution in [0.25, 0.3) is 0 Å². The molecule has 2 atom stereocenters. The lowest BCUT2D eigenvalue weighted by Gasteiger charge is -2.11. The Labute approximate surface area is 94.1 Å². The summed E-state index contributed by atoms with van der Waals surface area (Å²) in [4.78, 5) is 10.8. The minimum atomic E-state index is -0.356. The standard InChI is InChI=1S/C12H14O4/c1-8-7-14-12(15-8)10-4-3-5-11(6-10)16-9(2)13/h3-6,8,12H,7H2,1-2H3/t8-,12+/m0/s1. The van der Waals surface area contributed by atoms with E-state index in [-0.39, 0.29) is 18.4 Å². The Morgan fingerprint density at radius 2 is 2.31 bits per heavy atom. The minimum Gasteiger partial charge on any atom is -0.427 e. The van der Waals surface area contributed by atoms with Crippen LogP contribution in [0.5, 0.6) is 5.75 Å². The zero-order valence-corrected chi connectivity index (χ0v) is 9.30. The molecule has 0 N–H and O–H groups in total. The van der Waals surface area contributed by atoms with Gasteiger partial charge in [0, 0.05) is 12.5 Å². The van der Waals surface area contributed by atoms with Gasteiger partial charge in [-0.25, -0.2) is 0 Å². The third-order valence-corrected chi connectivity index (χ3v) is 2.23. The Morgan fingerprint density at radius 3 is 2.94 bits per heavy atom. The molecule has 0 amide bonds. The van der Waals surface area contributed by atoms with Gasteiger partial charge in [-0.1, -0.05) is 12.1 Å². The number of ether oxygens (including phenoxy) is 3. The van der Waals surface area contributed by atoms with E-state index in [9.17, 15) is 4.79 Å². The fourth-order valence-electron chi connectivity index (χ4n) is 1.58. The minimum absolute atomic E-state index is 0.0994. The van der Waals surface area contributed by atoms with Gasteiger partial charge in [0.25, 0.3) is 0 Å². The molecule has 4 nitrogen and oxygen atoms in total. The number of esters is 1. The van der Waals surface area contributed by atoms with Crippen molar-refractivity contribution in [3.8, 4) is 5.75 Å². The molecule has 0 saturated carbocycles. The molecule has 86 valence electrons. The van der Waals surface area contributed by atoms with Crippen molar-refractivity contribution in [2.75, 3.05) is 6.61 Å². The zero-order chi connectivity index (χ0) is 11.5. The molecule has 1 aromatic carbocycles. The Kier molecular flexibility index (Phi) is 3.22. The Bertz CT molecular complexity index is 388. The normalized spacial score (nSPS) is 24.4. The maximum atomic E-state index is 10.8.